The zero-order valence-corrected chi connectivity index (χ0v) is 12.8. The number of piperazine rings is 1. The molecule has 2 nitrogen and oxygen atoms in total. The predicted molar refractivity (Wildman–Crippen MR) is 85.0 cm³/mol. The Morgan fingerprint density at radius 1 is 1.10 bits per heavy atom. The molecule has 3 rings (SSSR count). The minimum Gasteiger partial charge on any atom is -0.298 e. The number of benzene rings is 1. The molecule has 0 bridgehead atoms. The Bertz CT molecular complexity index is 403. The fraction of sp³-hybridized carbons (Fsp3) is 0.667. The quantitative estimate of drug-likeness (QED) is 0.830. The van der Waals surface area contributed by atoms with Crippen LogP contribution in [0.25, 0.3) is 0 Å². The Kier molecular flexibility index (Phi) is 4.74. The average Bonchev–Trinajstić information content (AvgIpc) is 2.53. The lowest BCUT2D eigenvalue weighted by atomic mass is 9.95. The van der Waals surface area contributed by atoms with Gasteiger partial charge in [0.15, 0.2) is 0 Å². The molecule has 2 unspecified atom stereocenters. The van der Waals surface area contributed by atoms with Crippen LogP contribution in [0.3, 0.4) is 0 Å². The number of hydrogen-bond acceptors (Lipinski definition) is 2. The molecule has 110 valence electrons. The summed E-state index contributed by atoms with van der Waals surface area (Å²) in [6.45, 7) is 7.52. The average molecular weight is 272 g/mol. The summed E-state index contributed by atoms with van der Waals surface area (Å²) in [6.07, 6.45) is 6.75. The normalized spacial score (nSPS) is 28.2. The molecule has 2 fully saturated rings. The number of rotatable bonds is 4. The highest BCUT2D eigenvalue weighted by atomic mass is 15.3. The third-order valence-corrected chi connectivity index (χ3v) is 5.16. The third kappa shape index (κ3) is 3.24. The van der Waals surface area contributed by atoms with Gasteiger partial charge in [-0.15, -0.1) is 0 Å². The van der Waals surface area contributed by atoms with Crippen molar-refractivity contribution in [1.82, 2.24) is 9.80 Å². The van der Waals surface area contributed by atoms with Crippen LogP contribution in [0.1, 0.15) is 38.2 Å². The van der Waals surface area contributed by atoms with Crippen molar-refractivity contribution in [2.24, 2.45) is 0 Å². The molecule has 0 radical (unpaired) electrons. The highest BCUT2D eigenvalue weighted by Crippen LogP contribution is 2.25. The van der Waals surface area contributed by atoms with Crippen LogP contribution in [0.15, 0.2) is 30.3 Å². The summed E-state index contributed by atoms with van der Waals surface area (Å²) >= 11 is 0. The van der Waals surface area contributed by atoms with Crippen LogP contribution in [0.5, 0.6) is 0 Å². The Hall–Kier alpha value is -0.860. The van der Waals surface area contributed by atoms with Gasteiger partial charge in [-0.05, 0) is 37.8 Å². The lowest BCUT2D eigenvalue weighted by Crippen LogP contribution is -2.59. The zero-order chi connectivity index (χ0) is 13.8. The molecule has 1 aromatic rings. The molecule has 0 aliphatic carbocycles. The maximum absolute atomic E-state index is 2.76. The summed E-state index contributed by atoms with van der Waals surface area (Å²) in [5, 5.41) is 0. The highest BCUT2D eigenvalue weighted by Gasteiger charge is 2.33. The molecule has 2 atom stereocenters. The predicted octanol–water partition coefficient (Wildman–Crippen LogP) is 3.18. The second-order valence-corrected chi connectivity index (χ2v) is 6.44. The maximum atomic E-state index is 2.76. The molecule has 2 saturated heterocycles. The molecule has 2 heterocycles. The Morgan fingerprint density at radius 3 is 2.75 bits per heavy atom. The summed E-state index contributed by atoms with van der Waals surface area (Å²) < 4.78 is 0. The zero-order valence-electron chi connectivity index (χ0n) is 12.8. The van der Waals surface area contributed by atoms with Crippen LogP contribution in [0.4, 0.5) is 0 Å². The lowest BCUT2D eigenvalue weighted by molar-refractivity contribution is 0.00827. The van der Waals surface area contributed by atoms with Gasteiger partial charge in [-0.2, -0.15) is 0 Å². The first-order chi connectivity index (χ1) is 9.86. The highest BCUT2D eigenvalue weighted by molar-refractivity contribution is 5.15. The van der Waals surface area contributed by atoms with Gasteiger partial charge >= 0.3 is 0 Å². The summed E-state index contributed by atoms with van der Waals surface area (Å²) in [4.78, 5) is 5.52. The van der Waals surface area contributed by atoms with Crippen molar-refractivity contribution in [1.29, 1.82) is 0 Å². The molecule has 0 N–H and O–H groups in total. The van der Waals surface area contributed by atoms with Gasteiger partial charge in [0.2, 0.25) is 0 Å². The molecule has 1 aromatic carbocycles. The van der Waals surface area contributed by atoms with Crippen LogP contribution < -0.4 is 0 Å². The molecule has 2 aliphatic heterocycles. The van der Waals surface area contributed by atoms with E-state index in [2.05, 4.69) is 47.1 Å². The summed E-state index contributed by atoms with van der Waals surface area (Å²) in [5.74, 6) is 0. The smallest absolute Gasteiger partial charge is 0.0223 e. The van der Waals surface area contributed by atoms with E-state index in [1.807, 2.05) is 0 Å². The standard InChI is InChI=1S/C18H28N2/c1-2-17-14-19-12-7-6-10-18(19)15-20(17)13-11-16-8-4-3-5-9-16/h3-5,8-9,17-18H,2,6-7,10-15H2,1H3. The topological polar surface area (TPSA) is 6.48 Å². The number of nitrogens with zero attached hydrogens (tertiary/aromatic N) is 2. The van der Waals surface area contributed by atoms with Gasteiger partial charge in [0.05, 0.1) is 0 Å². The van der Waals surface area contributed by atoms with Gasteiger partial charge in [0.1, 0.15) is 0 Å². The molecule has 0 amide bonds. The molecule has 0 spiro atoms. The van der Waals surface area contributed by atoms with Gasteiger partial charge in [0, 0.05) is 31.7 Å². The Labute approximate surface area is 123 Å². The number of hydrogen-bond donors (Lipinski definition) is 0. The van der Waals surface area contributed by atoms with Crippen molar-refractivity contribution in [2.75, 3.05) is 26.2 Å². The van der Waals surface area contributed by atoms with E-state index < -0.39 is 0 Å². The molecule has 0 aromatic heterocycles. The minimum absolute atomic E-state index is 0.771. The van der Waals surface area contributed by atoms with E-state index in [1.165, 1.54) is 63.8 Å². The molecule has 2 heteroatoms. The molecular weight excluding hydrogens is 244 g/mol. The minimum atomic E-state index is 0.771. The summed E-state index contributed by atoms with van der Waals surface area (Å²) in [7, 11) is 0. The van der Waals surface area contributed by atoms with E-state index >= 15 is 0 Å². The SMILES string of the molecule is CCC1CN2CCCCC2CN1CCc1ccccc1. The summed E-state index contributed by atoms with van der Waals surface area (Å²) in [6, 6.07) is 12.6. The Balaban J connectivity index is 1.59. The number of piperidine rings is 1. The van der Waals surface area contributed by atoms with E-state index in [-0.39, 0.29) is 0 Å². The largest absolute Gasteiger partial charge is 0.298 e. The molecular formula is C18H28N2. The van der Waals surface area contributed by atoms with Gasteiger partial charge in [-0.1, -0.05) is 43.7 Å². The van der Waals surface area contributed by atoms with Gasteiger partial charge in [0.25, 0.3) is 0 Å². The van der Waals surface area contributed by atoms with E-state index in [1.54, 1.807) is 0 Å². The van der Waals surface area contributed by atoms with Crippen LogP contribution in [-0.4, -0.2) is 48.1 Å². The van der Waals surface area contributed by atoms with Crippen molar-refractivity contribution >= 4 is 0 Å². The fourth-order valence-corrected chi connectivity index (χ4v) is 3.89. The van der Waals surface area contributed by atoms with Crippen molar-refractivity contribution in [3.05, 3.63) is 35.9 Å². The molecule has 20 heavy (non-hydrogen) atoms. The van der Waals surface area contributed by atoms with Crippen LogP contribution in [0.2, 0.25) is 0 Å². The monoisotopic (exact) mass is 272 g/mol. The van der Waals surface area contributed by atoms with Crippen LogP contribution >= 0.6 is 0 Å². The second-order valence-electron chi connectivity index (χ2n) is 6.44. The van der Waals surface area contributed by atoms with Crippen molar-refractivity contribution in [2.45, 2.75) is 51.1 Å². The van der Waals surface area contributed by atoms with Crippen molar-refractivity contribution < 1.29 is 0 Å². The fourth-order valence-electron chi connectivity index (χ4n) is 3.89. The Morgan fingerprint density at radius 2 is 1.95 bits per heavy atom. The van der Waals surface area contributed by atoms with Crippen molar-refractivity contribution in [3.8, 4) is 0 Å². The number of fused-ring (bicyclic) bond motifs is 1. The maximum Gasteiger partial charge on any atom is 0.0223 e. The van der Waals surface area contributed by atoms with E-state index in [0.717, 1.165) is 12.1 Å². The molecule has 0 saturated carbocycles. The first-order valence-corrected chi connectivity index (χ1v) is 8.39. The van der Waals surface area contributed by atoms with Gasteiger partial charge in [-0.3, -0.25) is 9.80 Å². The van der Waals surface area contributed by atoms with Gasteiger partial charge < -0.3 is 0 Å². The lowest BCUT2D eigenvalue weighted by Gasteiger charge is -2.48. The third-order valence-electron chi connectivity index (χ3n) is 5.16. The van der Waals surface area contributed by atoms with E-state index in [4.69, 9.17) is 0 Å². The second kappa shape index (κ2) is 6.73. The molecule has 2 aliphatic rings. The first kappa shape index (κ1) is 14.1. The first-order valence-electron chi connectivity index (χ1n) is 8.39. The van der Waals surface area contributed by atoms with Crippen molar-refractivity contribution in [3.63, 3.8) is 0 Å². The van der Waals surface area contributed by atoms with Crippen LogP contribution in [0, 0.1) is 0 Å². The van der Waals surface area contributed by atoms with E-state index in [0.29, 0.717) is 0 Å². The van der Waals surface area contributed by atoms with Crippen LogP contribution in [-0.2, 0) is 6.42 Å². The summed E-state index contributed by atoms with van der Waals surface area (Å²) in [5.41, 5.74) is 1.48. The van der Waals surface area contributed by atoms with E-state index in [9.17, 15) is 0 Å². The van der Waals surface area contributed by atoms with Gasteiger partial charge in [-0.25, -0.2) is 0 Å².